The minimum absolute atomic E-state index is 0.00674. The first-order chi connectivity index (χ1) is 11.5. The van der Waals surface area contributed by atoms with Gasteiger partial charge in [0.25, 0.3) is 5.91 Å². The van der Waals surface area contributed by atoms with E-state index in [0.29, 0.717) is 23.6 Å². The number of hydrogen-bond donors (Lipinski definition) is 1. The Kier molecular flexibility index (Phi) is 6.67. The Balaban J connectivity index is 2.13. The maximum absolute atomic E-state index is 12.6. The van der Waals surface area contributed by atoms with Crippen LogP contribution in [0.4, 0.5) is 5.69 Å². The van der Waals surface area contributed by atoms with Crippen molar-refractivity contribution >= 4 is 27.5 Å². The molecule has 0 aliphatic carbocycles. The molecule has 0 unspecified atom stereocenters. The van der Waals surface area contributed by atoms with Gasteiger partial charge in [0.05, 0.1) is 18.3 Å². The molecule has 0 bridgehead atoms. The first-order valence-corrected chi connectivity index (χ1v) is 8.79. The lowest BCUT2D eigenvalue weighted by molar-refractivity contribution is 0.102. The van der Waals surface area contributed by atoms with Crippen molar-refractivity contribution in [2.24, 2.45) is 0 Å². The van der Waals surface area contributed by atoms with Gasteiger partial charge in [-0.2, -0.15) is 0 Å². The molecule has 0 fully saturated rings. The summed E-state index contributed by atoms with van der Waals surface area (Å²) >= 11 is 3.40. The van der Waals surface area contributed by atoms with E-state index in [1.807, 2.05) is 44.2 Å². The zero-order chi connectivity index (χ0) is 17.5. The fourth-order valence-electron chi connectivity index (χ4n) is 2.09. The monoisotopic (exact) mass is 391 g/mol. The van der Waals surface area contributed by atoms with Crippen molar-refractivity contribution in [3.8, 4) is 11.5 Å². The zero-order valence-electron chi connectivity index (χ0n) is 14.1. The van der Waals surface area contributed by atoms with Crippen LogP contribution in [0.2, 0.25) is 0 Å². The molecule has 2 aromatic rings. The van der Waals surface area contributed by atoms with E-state index < -0.39 is 0 Å². The predicted molar refractivity (Wildman–Crippen MR) is 100 cm³/mol. The van der Waals surface area contributed by atoms with Crippen LogP contribution in [0.3, 0.4) is 0 Å². The maximum atomic E-state index is 12.6. The predicted octanol–water partition coefficient (Wildman–Crippen LogP) is 5.28. The van der Waals surface area contributed by atoms with Crippen LogP contribution >= 0.6 is 15.9 Å². The lowest BCUT2D eigenvalue weighted by atomic mass is 10.1. The van der Waals surface area contributed by atoms with Crippen LogP contribution in [0, 0.1) is 0 Å². The lowest BCUT2D eigenvalue weighted by Crippen LogP contribution is -2.15. The number of nitrogens with one attached hydrogen (secondary N) is 1. The molecule has 0 saturated heterocycles. The van der Waals surface area contributed by atoms with Crippen LogP contribution in [0.5, 0.6) is 11.5 Å². The summed E-state index contributed by atoms with van der Waals surface area (Å²) in [5.74, 6) is 1.14. The summed E-state index contributed by atoms with van der Waals surface area (Å²) in [4.78, 5) is 12.6. The van der Waals surface area contributed by atoms with E-state index in [9.17, 15) is 4.79 Å². The summed E-state index contributed by atoms with van der Waals surface area (Å²) in [5, 5.41) is 2.89. The molecule has 0 aliphatic rings. The van der Waals surface area contributed by atoms with Crippen LogP contribution in [-0.2, 0) is 0 Å². The highest BCUT2D eigenvalue weighted by molar-refractivity contribution is 9.10. The number of hydrogen-bond acceptors (Lipinski definition) is 3. The van der Waals surface area contributed by atoms with E-state index in [4.69, 9.17) is 9.47 Å². The Morgan fingerprint density at radius 1 is 1.17 bits per heavy atom. The van der Waals surface area contributed by atoms with Crippen molar-refractivity contribution in [1.82, 2.24) is 0 Å². The van der Waals surface area contributed by atoms with Gasteiger partial charge in [-0.05, 0) is 62.7 Å². The minimum Gasteiger partial charge on any atom is -0.494 e. The van der Waals surface area contributed by atoms with Gasteiger partial charge in [0.1, 0.15) is 11.5 Å². The van der Waals surface area contributed by atoms with E-state index in [-0.39, 0.29) is 12.0 Å². The Morgan fingerprint density at radius 2 is 1.88 bits per heavy atom. The van der Waals surface area contributed by atoms with E-state index in [1.54, 1.807) is 12.1 Å². The molecular formula is C19H22BrNO3. The second-order valence-electron chi connectivity index (χ2n) is 5.63. The van der Waals surface area contributed by atoms with Crippen LogP contribution in [0.25, 0.3) is 0 Å². The van der Waals surface area contributed by atoms with Crippen molar-refractivity contribution < 1.29 is 14.3 Å². The molecule has 2 aromatic carbocycles. The average molecular weight is 392 g/mol. The number of anilines is 1. The van der Waals surface area contributed by atoms with Gasteiger partial charge in [0.2, 0.25) is 0 Å². The van der Waals surface area contributed by atoms with E-state index in [1.165, 1.54) is 0 Å². The molecule has 2 rings (SSSR count). The molecule has 128 valence electrons. The smallest absolute Gasteiger partial charge is 0.259 e. The largest absolute Gasteiger partial charge is 0.494 e. The van der Waals surface area contributed by atoms with Gasteiger partial charge < -0.3 is 14.8 Å². The third-order valence-corrected chi connectivity index (χ3v) is 3.63. The SMILES string of the molecule is CCCOc1ccc(NC(=O)c2cc(Br)ccc2OC(C)C)cc1. The van der Waals surface area contributed by atoms with Crippen LogP contribution in [0.1, 0.15) is 37.6 Å². The molecule has 0 aliphatic heterocycles. The first-order valence-electron chi connectivity index (χ1n) is 8.00. The van der Waals surface area contributed by atoms with Crippen molar-refractivity contribution in [2.45, 2.75) is 33.3 Å². The zero-order valence-corrected chi connectivity index (χ0v) is 15.7. The lowest BCUT2D eigenvalue weighted by Gasteiger charge is -2.15. The molecule has 5 heteroatoms. The maximum Gasteiger partial charge on any atom is 0.259 e. The third kappa shape index (κ3) is 5.27. The fourth-order valence-corrected chi connectivity index (χ4v) is 2.45. The third-order valence-electron chi connectivity index (χ3n) is 3.13. The van der Waals surface area contributed by atoms with Crippen LogP contribution in [0.15, 0.2) is 46.9 Å². The molecule has 24 heavy (non-hydrogen) atoms. The summed E-state index contributed by atoms with van der Waals surface area (Å²) in [6.07, 6.45) is 0.952. The number of carbonyl (C=O) groups is 1. The summed E-state index contributed by atoms with van der Waals surface area (Å²) < 4.78 is 12.1. The molecule has 1 N–H and O–H groups in total. The van der Waals surface area contributed by atoms with Crippen molar-refractivity contribution in [1.29, 1.82) is 0 Å². The van der Waals surface area contributed by atoms with Crippen molar-refractivity contribution in [3.05, 3.63) is 52.5 Å². The van der Waals surface area contributed by atoms with Gasteiger partial charge in [-0.1, -0.05) is 22.9 Å². The topological polar surface area (TPSA) is 47.6 Å². The molecule has 0 saturated carbocycles. The van der Waals surface area contributed by atoms with Crippen molar-refractivity contribution in [2.75, 3.05) is 11.9 Å². The number of carbonyl (C=O) groups excluding carboxylic acids is 1. The van der Waals surface area contributed by atoms with Gasteiger partial charge >= 0.3 is 0 Å². The van der Waals surface area contributed by atoms with Gasteiger partial charge in [-0.15, -0.1) is 0 Å². The Morgan fingerprint density at radius 3 is 2.50 bits per heavy atom. The standard InChI is InChI=1S/C19H22BrNO3/c1-4-11-23-16-8-6-15(7-9-16)21-19(22)17-12-14(20)5-10-18(17)24-13(2)3/h5-10,12-13H,4,11H2,1-3H3,(H,21,22). The van der Waals surface area contributed by atoms with Gasteiger partial charge in [0, 0.05) is 10.2 Å². The van der Waals surface area contributed by atoms with Gasteiger partial charge in [-0.25, -0.2) is 0 Å². The number of halogens is 1. The molecule has 0 atom stereocenters. The summed E-state index contributed by atoms with van der Waals surface area (Å²) in [7, 11) is 0. The second kappa shape index (κ2) is 8.73. The number of ether oxygens (including phenoxy) is 2. The molecule has 0 aromatic heterocycles. The summed E-state index contributed by atoms with van der Waals surface area (Å²) in [5.41, 5.74) is 1.20. The highest BCUT2D eigenvalue weighted by Gasteiger charge is 2.14. The average Bonchev–Trinajstić information content (AvgIpc) is 2.55. The highest BCUT2D eigenvalue weighted by atomic mass is 79.9. The Hall–Kier alpha value is -2.01. The second-order valence-corrected chi connectivity index (χ2v) is 6.55. The normalized spacial score (nSPS) is 10.5. The number of rotatable bonds is 7. The van der Waals surface area contributed by atoms with E-state index >= 15 is 0 Å². The van der Waals surface area contributed by atoms with Gasteiger partial charge in [-0.3, -0.25) is 4.79 Å². The molecule has 0 spiro atoms. The molecule has 1 amide bonds. The highest BCUT2D eigenvalue weighted by Crippen LogP contribution is 2.25. The summed E-state index contributed by atoms with van der Waals surface area (Å²) in [6.45, 7) is 6.60. The fraction of sp³-hybridized carbons (Fsp3) is 0.316. The van der Waals surface area contributed by atoms with Crippen LogP contribution in [-0.4, -0.2) is 18.6 Å². The quantitative estimate of drug-likeness (QED) is 0.698. The number of benzene rings is 2. The molecule has 0 heterocycles. The summed E-state index contributed by atoms with van der Waals surface area (Å²) in [6, 6.07) is 12.7. The minimum atomic E-state index is -0.214. The molecule has 0 radical (unpaired) electrons. The molecular weight excluding hydrogens is 370 g/mol. The van der Waals surface area contributed by atoms with Crippen LogP contribution < -0.4 is 14.8 Å². The molecule has 4 nitrogen and oxygen atoms in total. The first kappa shape index (κ1) is 18.3. The van der Waals surface area contributed by atoms with Gasteiger partial charge in [0.15, 0.2) is 0 Å². The number of amides is 1. The van der Waals surface area contributed by atoms with E-state index in [0.717, 1.165) is 16.6 Å². The van der Waals surface area contributed by atoms with Crippen molar-refractivity contribution in [3.63, 3.8) is 0 Å². The Labute approximate surface area is 151 Å². The Bertz CT molecular complexity index is 684. The van der Waals surface area contributed by atoms with E-state index in [2.05, 4.69) is 28.2 Å².